The second-order valence-corrected chi connectivity index (χ2v) is 10.5. The first kappa shape index (κ1) is 25.6. The number of para-hydroxylation sites is 1. The highest BCUT2D eigenvalue weighted by Gasteiger charge is 2.29. The van der Waals surface area contributed by atoms with Gasteiger partial charge in [0.05, 0.1) is 30.7 Å². The lowest BCUT2D eigenvalue weighted by molar-refractivity contribution is 0.0115. The lowest BCUT2D eigenvalue weighted by Gasteiger charge is -2.41. The van der Waals surface area contributed by atoms with Gasteiger partial charge in [0.25, 0.3) is 5.91 Å². The topological polar surface area (TPSA) is 77.1 Å². The standard InChI is InChI=1S/C30H37N7O2/c1-4-21-19-23(36-13-11-22(12-14-36)37-15-17-39-18-16-37)9-10-25(21)32-30-31-20-27-28(33-30)34(2)26-8-6-5-7-24(26)29(38)35(27)3/h5-10,19-20,22H,4,11-18H2,1-3H3,(H,31,32,33). The average Bonchev–Trinajstić information content (AvgIpc) is 3.07. The second kappa shape index (κ2) is 10.8. The Morgan fingerprint density at radius 1 is 0.974 bits per heavy atom. The number of benzene rings is 2. The normalized spacial score (nSPS) is 18.5. The molecule has 39 heavy (non-hydrogen) atoms. The summed E-state index contributed by atoms with van der Waals surface area (Å²) in [5.74, 6) is 1.12. The number of piperidine rings is 1. The van der Waals surface area contributed by atoms with E-state index in [1.54, 1.807) is 18.1 Å². The number of nitrogens with zero attached hydrogens (tertiary/aromatic N) is 6. The van der Waals surface area contributed by atoms with Crippen molar-refractivity contribution in [2.45, 2.75) is 32.2 Å². The molecule has 0 aliphatic carbocycles. The van der Waals surface area contributed by atoms with Gasteiger partial charge in [-0.25, -0.2) is 4.98 Å². The maximum Gasteiger partial charge on any atom is 0.260 e. The van der Waals surface area contributed by atoms with Gasteiger partial charge in [-0.3, -0.25) is 9.69 Å². The first-order valence-electron chi connectivity index (χ1n) is 14.0. The van der Waals surface area contributed by atoms with E-state index in [2.05, 4.69) is 45.2 Å². The Hall–Kier alpha value is -3.69. The fourth-order valence-electron chi connectivity index (χ4n) is 6.00. The van der Waals surface area contributed by atoms with Crippen LogP contribution in [0.15, 0.2) is 48.7 Å². The molecule has 6 rings (SSSR count). The lowest BCUT2D eigenvalue weighted by Crippen LogP contribution is -2.49. The summed E-state index contributed by atoms with van der Waals surface area (Å²) in [4.78, 5) is 31.2. The number of ether oxygens (including phenoxy) is 1. The highest BCUT2D eigenvalue weighted by atomic mass is 16.5. The smallest absolute Gasteiger partial charge is 0.260 e. The van der Waals surface area contributed by atoms with Gasteiger partial charge in [-0.1, -0.05) is 19.1 Å². The Bertz CT molecular complexity index is 1350. The molecule has 3 aromatic rings. The minimum atomic E-state index is -0.0710. The van der Waals surface area contributed by atoms with Gasteiger partial charge in [0.15, 0.2) is 5.82 Å². The van der Waals surface area contributed by atoms with E-state index < -0.39 is 0 Å². The average molecular weight is 528 g/mol. The molecule has 0 saturated carbocycles. The van der Waals surface area contributed by atoms with Crippen molar-refractivity contribution in [3.8, 4) is 0 Å². The minimum absolute atomic E-state index is 0.0710. The number of rotatable bonds is 5. The number of nitrogens with one attached hydrogen (secondary N) is 1. The molecule has 1 N–H and O–H groups in total. The predicted molar refractivity (Wildman–Crippen MR) is 156 cm³/mol. The SMILES string of the molecule is CCc1cc(N2CCC(N3CCOCC3)CC2)ccc1Nc1ncc2c(n1)N(C)c1ccccc1C(=O)N2C. The van der Waals surface area contributed by atoms with E-state index in [4.69, 9.17) is 9.72 Å². The molecule has 0 bridgehead atoms. The Balaban J connectivity index is 1.20. The summed E-state index contributed by atoms with van der Waals surface area (Å²) >= 11 is 0. The van der Waals surface area contributed by atoms with Gasteiger partial charge < -0.3 is 24.8 Å². The van der Waals surface area contributed by atoms with Crippen LogP contribution in [0.4, 0.5) is 34.5 Å². The van der Waals surface area contributed by atoms with Crippen LogP contribution in [-0.2, 0) is 11.2 Å². The van der Waals surface area contributed by atoms with E-state index in [0.717, 1.165) is 57.2 Å². The summed E-state index contributed by atoms with van der Waals surface area (Å²) < 4.78 is 5.54. The van der Waals surface area contributed by atoms with Crippen molar-refractivity contribution < 1.29 is 9.53 Å². The zero-order valence-corrected chi connectivity index (χ0v) is 23.1. The number of aryl methyl sites for hydroxylation is 1. The molecular formula is C30H37N7O2. The highest BCUT2D eigenvalue weighted by molar-refractivity contribution is 6.13. The summed E-state index contributed by atoms with van der Waals surface area (Å²) in [6.07, 6.45) is 5.01. The summed E-state index contributed by atoms with van der Waals surface area (Å²) in [5.41, 5.74) is 5.66. The summed E-state index contributed by atoms with van der Waals surface area (Å²) in [7, 11) is 3.71. The van der Waals surface area contributed by atoms with Crippen LogP contribution in [0.2, 0.25) is 0 Å². The Morgan fingerprint density at radius 2 is 1.74 bits per heavy atom. The number of fused-ring (bicyclic) bond motifs is 2. The van der Waals surface area contributed by atoms with Gasteiger partial charge in [0.1, 0.15) is 5.69 Å². The van der Waals surface area contributed by atoms with E-state index >= 15 is 0 Å². The number of carbonyl (C=O) groups excluding carboxylic acids is 1. The summed E-state index contributed by atoms with van der Waals surface area (Å²) in [6, 6.07) is 14.9. The Morgan fingerprint density at radius 3 is 2.51 bits per heavy atom. The zero-order chi connectivity index (χ0) is 26.9. The number of amides is 1. The monoisotopic (exact) mass is 527 g/mol. The Kier molecular flexibility index (Phi) is 7.10. The van der Waals surface area contributed by atoms with Gasteiger partial charge in [-0.15, -0.1) is 0 Å². The fourth-order valence-corrected chi connectivity index (χ4v) is 6.00. The molecule has 3 aliphatic heterocycles. The quantitative estimate of drug-likeness (QED) is 0.522. The molecule has 9 heteroatoms. The number of anilines is 6. The number of carbonyl (C=O) groups is 1. The molecule has 204 valence electrons. The lowest BCUT2D eigenvalue weighted by atomic mass is 10.0. The van der Waals surface area contributed by atoms with Crippen LogP contribution in [0.25, 0.3) is 0 Å². The molecule has 2 saturated heterocycles. The second-order valence-electron chi connectivity index (χ2n) is 10.5. The highest BCUT2D eigenvalue weighted by Crippen LogP contribution is 2.38. The third kappa shape index (κ3) is 4.92. The van der Waals surface area contributed by atoms with E-state index in [1.165, 1.54) is 24.1 Å². The van der Waals surface area contributed by atoms with Crippen LogP contribution < -0.4 is 20.0 Å². The maximum absolute atomic E-state index is 13.1. The van der Waals surface area contributed by atoms with Crippen LogP contribution in [-0.4, -0.2) is 80.3 Å². The number of hydrogen-bond acceptors (Lipinski definition) is 8. The van der Waals surface area contributed by atoms with Crippen LogP contribution in [0.3, 0.4) is 0 Å². The third-order valence-electron chi connectivity index (χ3n) is 8.34. The molecular weight excluding hydrogens is 490 g/mol. The van der Waals surface area contributed by atoms with Gasteiger partial charge in [0.2, 0.25) is 5.95 Å². The van der Waals surface area contributed by atoms with Gasteiger partial charge in [-0.2, -0.15) is 4.98 Å². The van der Waals surface area contributed by atoms with Gasteiger partial charge >= 0.3 is 0 Å². The molecule has 3 aliphatic rings. The molecule has 2 aromatic carbocycles. The molecule has 0 atom stereocenters. The van der Waals surface area contributed by atoms with Crippen molar-refractivity contribution in [3.05, 3.63) is 59.8 Å². The first-order valence-corrected chi connectivity index (χ1v) is 14.0. The molecule has 0 unspecified atom stereocenters. The number of morpholine rings is 1. The van der Waals surface area contributed by atoms with Crippen LogP contribution >= 0.6 is 0 Å². The molecule has 0 spiro atoms. The molecule has 0 radical (unpaired) electrons. The number of aromatic nitrogens is 2. The van der Waals surface area contributed by atoms with Crippen molar-refractivity contribution in [1.82, 2.24) is 14.9 Å². The first-order chi connectivity index (χ1) is 19.0. The van der Waals surface area contributed by atoms with Crippen LogP contribution in [0, 0.1) is 0 Å². The van der Waals surface area contributed by atoms with Crippen molar-refractivity contribution >= 4 is 40.4 Å². The summed E-state index contributed by atoms with van der Waals surface area (Å²) in [5, 5.41) is 3.46. The zero-order valence-electron chi connectivity index (χ0n) is 23.1. The van der Waals surface area contributed by atoms with E-state index in [9.17, 15) is 4.79 Å². The third-order valence-corrected chi connectivity index (χ3v) is 8.34. The van der Waals surface area contributed by atoms with Gasteiger partial charge in [0, 0.05) is 57.7 Å². The van der Waals surface area contributed by atoms with Crippen molar-refractivity contribution in [2.24, 2.45) is 0 Å². The van der Waals surface area contributed by atoms with Crippen LogP contribution in [0.5, 0.6) is 0 Å². The summed E-state index contributed by atoms with van der Waals surface area (Å²) in [6.45, 7) is 8.17. The predicted octanol–water partition coefficient (Wildman–Crippen LogP) is 4.44. The maximum atomic E-state index is 13.1. The minimum Gasteiger partial charge on any atom is -0.379 e. The fraction of sp³-hybridized carbons (Fsp3) is 0.433. The van der Waals surface area contributed by atoms with Crippen molar-refractivity contribution in [3.63, 3.8) is 0 Å². The van der Waals surface area contributed by atoms with Crippen molar-refractivity contribution in [2.75, 3.05) is 73.5 Å². The van der Waals surface area contributed by atoms with E-state index in [-0.39, 0.29) is 5.91 Å². The van der Waals surface area contributed by atoms with Crippen LogP contribution in [0.1, 0.15) is 35.7 Å². The van der Waals surface area contributed by atoms with Gasteiger partial charge in [-0.05, 0) is 55.2 Å². The molecule has 1 aromatic heterocycles. The Labute approximate surface area is 230 Å². The molecule has 1 amide bonds. The molecule has 4 heterocycles. The number of hydrogen-bond donors (Lipinski definition) is 1. The van der Waals surface area contributed by atoms with E-state index in [0.29, 0.717) is 29.1 Å². The molecule has 2 fully saturated rings. The largest absolute Gasteiger partial charge is 0.379 e. The van der Waals surface area contributed by atoms with Crippen molar-refractivity contribution in [1.29, 1.82) is 0 Å². The molecule has 9 nitrogen and oxygen atoms in total. The van der Waals surface area contributed by atoms with E-state index in [1.807, 2.05) is 36.2 Å².